The second-order valence-electron chi connectivity index (χ2n) is 5.71. The van der Waals surface area contributed by atoms with Crippen LogP contribution < -0.4 is 0 Å². The van der Waals surface area contributed by atoms with Crippen LogP contribution in [0.4, 0.5) is 13.2 Å². The number of aromatic nitrogens is 1. The lowest BCUT2D eigenvalue weighted by molar-refractivity contribution is -0.187. The molecule has 2 aromatic rings. The lowest BCUT2D eigenvalue weighted by atomic mass is 9.96. The van der Waals surface area contributed by atoms with Gasteiger partial charge in [0.2, 0.25) is 0 Å². The lowest BCUT2D eigenvalue weighted by Gasteiger charge is -2.18. The third-order valence-corrected chi connectivity index (χ3v) is 4.98. The Hall–Kier alpha value is -2.42. The number of thiazole rings is 1. The van der Waals surface area contributed by atoms with Crippen LogP contribution in [-0.4, -0.2) is 46.1 Å². The third kappa shape index (κ3) is 3.51. The fourth-order valence-electron chi connectivity index (χ4n) is 2.80. The fourth-order valence-corrected chi connectivity index (χ4v) is 3.60. The van der Waals surface area contributed by atoms with E-state index in [1.165, 1.54) is 16.7 Å². The number of hydrogen-bond donors (Lipinski definition) is 1. The maximum Gasteiger partial charge on any atom is 0.394 e. The first-order chi connectivity index (χ1) is 11.8. The van der Waals surface area contributed by atoms with Crippen LogP contribution in [0.15, 0.2) is 35.7 Å². The van der Waals surface area contributed by atoms with Crippen LogP contribution in [0.5, 0.6) is 0 Å². The van der Waals surface area contributed by atoms with E-state index in [1.54, 1.807) is 0 Å². The molecule has 1 fully saturated rings. The van der Waals surface area contributed by atoms with Crippen molar-refractivity contribution in [2.75, 3.05) is 13.1 Å². The van der Waals surface area contributed by atoms with Gasteiger partial charge in [-0.2, -0.15) is 13.2 Å². The zero-order chi connectivity index (χ0) is 18.2. The number of alkyl halides is 3. The normalized spacial score (nSPS) is 20.7. The SMILES string of the molecule is O=C(O)[C@@H]1CN(C(=O)c2csc(-c3ccccc3)n2)C[C@H]1C(F)(F)F. The van der Waals surface area contributed by atoms with Crippen LogP contribution in [0.25, 0.3) is 10.6 Å². The van der Waals surface area contributed by atoms with Gasteiger partial charge in [-0.3, -0.25) is 9.59 Å². The molecule has 1 aromatic carbocycles. The first-order valence-corrected chi connectivity index (χ1v) is 8.25. The number of amides is 1. The van der Waals surface area contributed by atoms with Crippen molar-refractivity contribution in [2.45, 2.75) is 6.18 Å². The van der Waals surface area contributed by atoms with Crippen molar-refractivity contribution >= 4 is 23.2 Å². The molecule has 1 aliphatic heterocycles. The maximum absolute atomic E-state index is 13.0. The molecule has 132 valence electrons. The highest BCUT2D eigenvalue weighted by atomic mass is 32.1. The molecule has 0 spiro atoms. The summed E-state index contributed by atoms with van der Waals surface area (Å²) in [5.41, 5.74) is 0.820. The average Bonchev–Trinajstić information content (AvgIpc) is 3.22. The largest absolute Gasteiger partial charge is 0.481 e. The molecule has 3 rings (SSSR count). The minimum Gasteiger partial charge on any atom is -0.481 e. The predicted molar refractivity (Wildman–Crippen MR) is 84.1 cm³/mol. The van der Waals surface area contributed by atoms with E-state index >= 15 is 0 Å². The summed E-state index contributed by atoms with van der Waals surface area (Å²) in [4.78, 5) is 28.6. The van der Waals surface area contributed by atoms with Crippen LogP contribution in [0.2, 0.25) is 0 Å². The zero-order valence-electron chi connectivity index (χ0n) is 12.7. The van der Waals surface area contributed by atoms with Gasteiger partial charge in [-0.1, -0.05) is 30.3 Å². The van der Waals surface area contributed by atoms with Gasteiger partial charge in [0.15, 0.2) is 0 Å². The number of likely N-dealkylation sites (tertiary alicyclic amines) is 1. The molecule has 1 saturated heterocycles. The lowest BCUT2D eigenvalue weighted by Crippen LogP contribution is -2.34. The molecule has 0 aliphatic carbocycles. The maximum atomic E-state index is 13.0. The van der Waals surface area contributed by atoms with Crippen LogP contribution in [0.1, 0.15) is 10.5 Å². The summed E-state index contributed by atoms with van der Waals surface area (Å²) in [5.74, 6) is -5.96. The Kier molecular flexibility index (Phi) is 4.51. The van der Waals surface area contributed by atoms with Gasteiger partial charge in [0, 0.05) is 24.0 Å². The number of carbonyl (C=O) groups is 2. The van der Waals surface area contributed by atoms with Crippen molar-refractivity contribution < 1.29 is 27.9 Å². The van der Waals surface area contributed by atoms with Gasteiger partial charge in [0.05, 0.1) is 11.8 Å². The number of carbonyl (C=O) groups excluding carboxylic acids is 1. The van der Waals surface area contributed by atoms with Crippen molar-refractivity contribution in [3.05, 3.63) is 41.4 Å². The van der Waals surface area contributed by atoms with Crippen molar-refractivity contribution in [2.24, 2.45) is 11.8 Å². The number of benzene rings is 1. The monoisotopic (exact) mass is 370 g/mol. The first kappa shape index (κ1) is 17.4. The molecule has 1 amide bonds. The summed E-state index contributed by atoms with van der Waals surface area (Å²) in [6.07, 6.45) is -4.67. The highest BCUT2D eigenvalue weighted by Gasteiger charge is 2.53. The third-order valence-electron chi connectivity index (χ3n) is 4.09. The Morgan fingerprint density at radius 1 is 1.20 bits per heavy atom. The summed E-state index contributed by atoms with van der Waals surface area (Å²) in [7, 11) is 0. The second kappa shape index (κ2) is 6.47. The number of nitrogens with zero attached hydrogens (tertiary/aromatic N) is 2. The summed E-state index contributed by atoms with van der Waals surface area (Å²) < 4.78 is 39.1. The molecular formula is C16H13F3N2O3S. The van der Waals surface area contributed by atoms with E-state index in [0.29, 0.717) is 5.01 Å². The molecule has 0 radical (unpaired) electrons. The smallest absolute Gasteiger partial charge is 0.394 e. The van der Waals surface area contributed by atoms with Crippen molar-refractivity contribution in [1.82, 2.24) is 9.88 Å². The Morgan fingerprint density at radius 3 is 2.44 bits per heavy atom. The summed E-state index contributed by atoms with van der Waals surface area (Å²) in [6.45, 7) is -1.14. The van der Waals surface area contributed by atoms with E-state index < -0.39 is 43.0 Å². The van der Waals surface area contributed by atoms with E-state index in [2.05, 4.69) is 4.98 Å². The molecular weight excluding hydrogens is 357 g/mol. The van der Waals surface area contributed by atoms with Crippen molar-refractivity contribution in [3.63, 3.8) is 0 Å². The van der Waals surface area contributed by atoms with E-state index in [0.717, 1.165) is 10.5 Å². The molecule has 2 atom stereocenters. The van der Waals surface area contributed by atoms with Crippen LogP contribution in [-0.2, 0) is 4.79 Å². The summed E-state index contributed by atoms with van der Waals surface area (Å²) in [5, 5.41) is 11.1. The van der Waals surface area contributed by atoms with Crippen molar-refractivity contribution in [3.8, 4) is 10.6 Å². The van der Waals surface area contributed by atoms with Crippen LogP contribution in [0, 0.1) is 11.8 Å². The van der Waals surface area contributed by atoms with Gasteiger partial charge >= 0.3 is 12.1 Å². The first-order valence-electron chi connectivity index (χ1n) is 7.37. The zero-order valence-corrected chi connectivity index (χ0v) is 13.5. The topological polar surface area (TPSA) is 70.5 Å². The highest BCUT2D eigenvalue weighted by molar-refractivity contribution is 7.13. The standard InChI is InChI=1S/C16H13F3N2O3S/c17-16(18,19)11-7-21(6-10(11)15(23)24)14(22)12-8-25-13(20-12)9-4-2-1-3-5-9/h1-5,8,10-11H,6-7H2,(H,23,24)/t10-,11-/m1/s1. The molecule has 9 heteroatoms. The molecule has 1 aromatic heterocycles. The van der Waals surface area contributed by atoms with Crippen LogP contribution in [0.3, 0.4) is 0 Å². The Bertz CT molecular complexity index is 791. The number of rotatable bonds is 3. The molecule has 0 saturated carbocycles. The number of hydrogen-bond acceptors (Lipinski definition) is 4. The molecule has 0 unspecified atom stereocenters. The molecule has 5 nitrogen and oxygen atoms in total. The van der Waals surface area contributed by atoms with E-state index in [1.807, 2.05) is 30.3 Å². The minimum absolute atomic E-state index is 0.0239. The van der Waals surface area contributed by atoms with E-state index in [9.17, 15) is 22.8 Å². The number of carboxylic acids is 1. The molecule has 1 aliphatic rings. The summed E-state index contributed by atoms with van der Waals surface area (Å²) >= 11 is 1.21. The van der Waals surface area contributed by atoms with Gasteiger partial charge in [-0.25, -0.2) is 4.98 Å². The summed E-state index contributed by atoms with van der Waals surface area (Å²) in [6, 6.07) is 9.07. The molecule has 2 heterocycles. The van der Waals surface area contributed by atoms with E-state index in [-0.39, 0.29) is 5.69 Å². The Balaban J connectivity index is 1.80. The predicted octanol–water partition coefficient (Wildman–Crippen LogP) is 3.15. The molecule has 0 bridgehead atoms. The minimum atomic E-state index is -4.67. The Morgan fingerprint density at radius 2 is 1.88 bits per heavy atom. The van der Waals surface area contributed by atoms with E-state index in [4.69, 9.17) is 5.11 Å². The second-order valence-corrected chi connectivity index (χ2v) is 6.56. The average molecular weight is 370 g/mol. The number of aliphatic carboxylic acids is 1. The van der Waals surface area contributed by atoms with Gasteiger partial charge in [-0.05, 0) is 0 Å². The van der Waals surface area contributed by atoms with Crippen LogP contribution >= 0.6 is 11.3 Å². The van der Waals surface area contributed by atoms with Gasteiger partial charge in [0.1, 0.15) is 10.7 Å². The number of carboxylic acid groups (broad SMARTS) is 1. The van der Waals surface area contributed by atoms with Gasteiger partial charge < -0.3 is 10.0 Å². The highest BCUT2D eigenvalue weighted by Crippen LogP contribution is 2.38. The fraction of sp³-hybridized carbons (Fsp3) is 0.312. The van der Waals surface area contributed by atoms with Gasteiger partial charge in [0.25, 0.3) is 5.91 Å². The molecule has 25 heavy (non-hydrogen) atoms. The van der Waals surface area contributed by atoms with Crippen molar-refractivity contribution in [1.29, 1.82) is 0 Å². The van der Waals surface area contributed by atoms with Gasteiger partial charge in [-0.15, -0.1) is 11.3 Å². The number of halogens is 3. The quantitative estimate of drug-likeness (QED) is 0.901. The Labute approximate surface area is 144 Å². The molecule has 1 N–H and O–H groups in total.